The Labute approximate surface area is 110 Å². The SMILES string of the molecule is [C-]#[N+]c1ccc(C=Nc2ccccc2N=[N+]=[N-])cc1. The summed E-state index contributed by atoms with van der Waals surface area (Å²) in [5.74, 6) is 0. The van der Waals surface area contributed by atoms with Crippen LogP contribution in [-0.4, -0.2) is 6.21 Å². The zero-order chi connectivity index (χ0) is 13.5. The summed E-state index contributed by atoms with van der Waals surface area (Å²) >= 11 is 0. The van der Waals surface area contributed by atoms with Crippen LogP contribution in [0.25, 0.3) is 15.3 Å². The summed E-state index contributed by atoms with van der Waals surface area (Å²) in [4.78, 5) is 10.4. The lowest BCUT2D eigenvalue weighted by atomic mass is 10.2. The van der Waals surface area contributed by atoms with E-state index in [1.165, 1.54) is 0 Å². The number of benzene rings is 2. The van der Waals surface area contributed by atoms with Crippen molar-refractivity contribution in [2.24, 2.45) is 10.1 Å². The van der Waals surface area contributed by atoms with Crippen LogP contribution >= 0.6 is 0 Å². The molecule has 0 unspecified atom stereocenters. The molecule has 0 saturated heterocycles. The Bertz CT molecular complexity index is 689. The van der Waals surface area contributed by atoms with Crippen molar-refractivity contribution in [1.82, 2.24) is 0 Å². The van der Waals surface area contributed by atoms with Gasteiger partial charge in [0.15, 0.2) is 5.69 Å². The minimum absolute atomic E-state index is 0.485. The maximum atomic E-state index is 8.47. The third kappa shape index (κ3) is 3.19. The highest BCUT2D eigenvalue weighted by Gasteiger charge is 1.96. The van der Waals surface area contributed by atoms with Crippen molar-refractivity contribution in [2.75, 3.05) is 0 Å². The molecule has 0 spiro atoms. The van der Waals surface area contributed by atoms with Gasteiger partial charge in [-0.15, -0.1) is 0 Å². The molecule has 0 N–H and O–H groups in total. The summed E-state index contributed by atoms with van der Waals surface area (Å²) in [5.41, 5.74) is 11.0. The molecule has 0 heterocycles. The van der Waals surface area contributed by atoms with Crippen LogP contribution in [0.2, 0.25) is 0 Å². The van der Waals surface area contributed by atoms with E-state index < -0.39 is 0 Å². The molecule has 5 heteroatoms. The number of nitrogens with zero attached hydrogens (tertiary/aromatic N) is 5. The molecular formula is C14H9N5. The third-order valence-corrected chi connectivity index (χ3v) is 2.41. The highest BCUT2D eigenvalue weighted by molar-refractivity contribution is 5.84. The fourth-order valence-corrected chi connectivity index (χ4v) is 1.49. The van der Waals surface area contributed by atoms with Crippen molar-refractivity contribution in [1.29, 1.82) is 0 Å². The molecule has 90 valence electrons. The molecule has 19 heavy (non-hydrogen) atoms. The molecule has 2 aromatic rings. The molecule has 0 radical (unpaired) electrons. The Kier molecular flexibility index (Phi) is 3.91. The van der Waals surface area contributed by atoms with E-state index >= 15 is 0 Å². The average Bonchev–Trinajstić information content (AvgIpc) is 2.47. The fourth-order valence-electron chi connectivity index (χ4n) is 1.49. The Morgan fingerprint density at radius 1 is 1.00 bits per heavy atom. The van der Waals surface area contributed by atoms with Crippen LogP contribution in [0.1, 0.15) is 5.56 Å². The molecular weight excluding hydrogens is 238 g/mol. The van der Waals surface area contributed by atoms with E-state index in [0.29, 0.717) is 17.1 Å². The largest absolute Gasteiger partial charge is 0.256 e. The number of aliphatic imine (C=N–C) groups is 1. The van der Waals surface area contributed by atoms with Gasteiger partial charge in [0.25, 0.3) is 0 Å². The second-order valence-corrected chi connectivity index (χ2v) is 3.64. The summed E-state index contributed by atoms with van der Waals surface area (Å²) in [6, 6.07) is 14.2. The molecule has 5 nitrogen and oxygen atoms in total. The van der Waals surface area contributed by atoms with E-state index in [9.17, 15) is 0 Å². The lowest BCUT2D eigenvalue weighted by molar-refractivity contribution is 1.42. The van der Waals surface area contributed by atoms with Gasteiger partial charge < -0.3 is 0 Å². The number of hydrogen-bond acceptors (Lipinski definition) is 2. The second kappa shape index (κ2) is 6.01. The number of azide groups is 1. The molecule has 2 rings (SSSR count). The first kappa shape index (κ1) is 12.4. The lowest BCUT2D eigenvalue weighted by Gasteiger charge is -1.98. The highest BCUT2D eigenvalue weighted by atomic mass is 15.1. The summed E-state index contributed by atoms with van der Waals surface area (Å²) < 4.78 is 0. The molecule has 0 amide bonds. The average molecular weight is 247 g/mol. The molecule has 0 saturated carbocycles. The van der Waals surface area contributed by atoms with Crippen LogP contribution in [-0.2, 0) is 0 Å². The molecule has 0 bridgehead atoms. The Hall–Kier alpha value is -3.09. The molecule has 0 fully saturated rings. The zero-order valence-electron chi connectivity index (χ0n) is 9.93. The first-order chi connectivity index (χ1) is 9.33. The highest BCUT2D eigenvalue weighted by Crippen LogP contribution is 2.27. The van der Waals surface area contributed by atoms with Gasteiger partial charge in [-0.3, -0.25) is 4.99 Å². The molecule has 2 aromatic carbocycles. The maximum Gasteiger partial charge on any atom is 0.187 e. The van der Waals surface area contributed by atoms with Gasteiger partial charge in [0.05, 0.1) is 17.9 Å². The van der Waals surface area contributed by atoms with Crippen LogP contribution in [0.15, 0.2) is 58.6 Å². The summed E-state index contributed by atoms with van der Waals surface area (Å²) in [7, 11) is 0. The third-order valence-electron chi connectivity index (χ3n) is 2.41. The zero-order valence-corrected chi connectivity index (χ0v) is 9.93. The number of rotatable bonds is 3. The van der Waals surface area contributed by atoms with Crippen molar-refractivity contribution in [2.45, 2.75) is 0 Å². The van der Waals surface area contributed by atoms with E-state index in [2.05, 4.69) is 19.9 Å². The minimum atomic E-state index is 0.485. The topological polar surface area (TPSA) is 65.5 Å². The van der Waals surface area contributed by atoms with Crippen molar-refractivity contribution in [3.63, 3.8) is 0 Å². The van der Waals surface area contributed by atoms with E-state index in [4.69, 9.17) is 12.1 Å². The van der Waals surface area contributed by atoms with Crippen LogP contribution in [0.3, 0.4) is 0 Å². The molecule has 0 aliphatic rings. The molecule has 0 aliphatic carbocycles. The van der Waals surface area contributed by atoms with E-state index in [0.717, 1.165) is 5.56 Å². The van der Waals surface area contributed by atoms with Gasteiger partial charge in [-0.1, -0.05) is 47.6 Å². The van der Waals surface area contributed by atoms with Crippen molar-refractivity contribution >= 4 is 23.3 Å². The lowest BCUT2D eigenvalue weighted by Crippen LogP contribution is -1.78. The first-order valence-electron chi connectivity index (χ1n) is 5.49. The Balaban J connectivity index is 2.27. The smallest absolute Gasteiger partial charge is 0.187 e. The molecule has 0 atom stereocenters. The van der Waals surface area contributed by atoms with Crippen molar-refractivity contribution in [3.8, 4) is 0 Å². The van der Waals surface area contributed by atoms with Crippen LogP contribution in [0.5, 0.6) is 0 Å². The van der Waals surface area contributed by atoms with E-state index in [1.54, 1.807) is 36.5 Å². The fraction of sp³-hybridized carbons (Fsp3) is 0. The van der Waals surface area contributed by atoms with E-state index in [-0.39, 0.29) is 0 Å². The van der Waals surface area contributed by atoms with Crippen LogP contribution < -0.4 is 0 Å². The van der Waals surface area contributed by atoms with Gasteiger partial charge in [-0.2, -0.15) is 0 Å². The summed E-state index contributed by atoms with van der Waals surface area (Å²) in [6.07, 6.45) is 1.67. The van der Waals surface area contributed by atoms with Gasteiger partial charge in [0.2, 0.25) is 0 Å². The van der Waals surface area contributed by atoms with Gasteiger partial charge in [-0.25, -0.2) is 4.85 Å². The van der Waals surface area contributed by atoms with Gasteiger partial charge in [-0.05, 0) is 17.2 Å². The Morgan fingerprint density at radius 2 is 1.68 bits per heavy atom. The normalized spacial score (nSPS) is 9.84. The van der Waals surface area contributed by atoms with Gasteiger partial charge in [0.1, 0.15) is 0 Å². The summed E-state index contributed by atoms with van der Waals surface area (Å²) in [5, 5.41) is 3.57. The van der Waals surface area contributed by atoms with E-state index in [1.807, 2.05) is 18.2 Å². The molecule has 0 aromatic heterocycles. The quantitative estimate of drug-likeness (QED) is 0.243. The number of para-hydroxylation sites is 1. The Morgan fingerprint density at radius 3 is 2.32 bits per heavy atom. The minimum Gasteiger partial charge on any atom is -0.256 e. The van der Waals surface area contributed by atoms with Crippen molar-refractivity contribution < 1.29 is 0 Å². The van der Waals surface area contributed by atoms with Crippen LogP contribution in [0.4, 0.5) is 17.1 Å². The second-order valence-electron chi connectivity index (χ2n) is 3.64. The molecule has 0 aliphatic heterocycles. The summed E-state index contributed by atoms with van der Waals surface area (Å²) in [6.45, 7) is 6.87. The van der Waals surface area contributed by atoms with Gasteiger partial charge >= 0.3 is 0 Å². The van der Waals surface area contributed by atoms with Crippen LogP contribution in [0, 0.1) is 6.57 Å². The monoisotopic (exact) mass is 247 g/mol. The first-order valence-corrected chi connectivity index (χ1v) is 5.49. The van der Waals surface area contributed by atoms with Gasteiger partial charge in [0, 0.05) is 11.1 Å². The predicted molar refractivity (Wildman–Crippen MR) is 75.2 cm³/mol. The van der Waals surface area contributed by atoms with Crippen molar-refractivity contribution in [3.05, 3.63) is 76.0 Å². The maximum absolute atomic E-state index is 8.47. The standard InChI is InChI=1S/C14H9N5/c1-16-12-8-6-11(7-9-12)10-17-13-4-2-3-5-14(13)18-19-15/h2-10H. The predicted octanol–water partition coefficient (Wildman–Crippen LogP) is 4.93. The number of hydrogen-bond donors (Lipinski definition) is 0.